The summed E-state index contributed by atoms with van der Waals surface area (Å²) < 4.78 is 11.0. The second kappa shape index (κ2) is 5.39. The van der Waals surface area contributed by atoms with Crippen LogP contribution < -0.4 is 5.73 Å². The van der Waals surface area contributed by atoms with Crippen molar-refractivity contribution in [2.45, 2.75) is 18.6 Å². The zero-order valence-corrected chi connectivity index (χ0v) is 6.86. The van der Waals surface area contributed by atoms with Crippen LogP contribution in [0.5, 0.6) is 0 Å². The molecule has 2 unspecified atom stereocenters. The van der Waals surface area contributed by atoms with E-state index in [0.717, 1.165) is 6.42 Å². The summed E-state index contributed by atoms with van der Waals surface area (Å²) in [5.41, 5.74) is 5.20. The monoisotopic (exact) mass is 160 g/mol. The second-order valence-corrected chi connectivity index (χ2v) is 3.88. The van der Waals surface area contributed by atoms with E-state index in [-0.39, 0.29) is 5.25 Å². The van der Waals surface area contributed by atoms with Gasteiger partial charge in [-0.15, -0.1) is 0 Å². The molecule has 0 aromatic heterocycles. The van der Waals surface area contributed by atoms with Crippen molar-refractivity contribution in [2.24, 2.45) is 5.73 Å². The Morgan fingerprint density at radius 3 is 2.80 bits per heavy atom. The molecular formula is C6H12N2OS. The Balaban J connectivity index is 3.54. The van der Waals surface area contributed by atoms with Crippen molar-refractivity contribution in [3.63, 3.8) is 0 Å². The highest BCUT2D eigenvalue weighted by atomic mass is 32.2. The van der Waals surface area contributed by atoms with Crippen LogP contribution in [0.4, 0.5) is 0 Å². The maximum Gasteiger partial charge on any atom is 0.119 e. The first-order valence-electron chi connectivity index (χ1n) is 3.19. The van der Waals surface area contributed by atoms with Gasteiger partial charge < -0.3 is 5.73 Å². The van der Waals surface area contributed by atoms with Gasteiger partial charge in [-0.05, 0) is 19.9 Å². The van der Waals surface area contributed by atoms with Gasteiger partial charge in [-0.1, -0.05) is 0 Å². The molecule has 4 heteroatoms. The van der Waals surface area contributed by atoms with E-state index in [2.05, 4.69) is 0 Å². The molecule has 0 radical (unpaired) electrons. The molecule has 0 aliphatic rings. The minimum Gasteiger partial charge on any atom is -0.330 e. The van der Waals surface area contributed by atoms with Crippen LogP contribution in [0.3, 0.4) is 0 Å². The maximum atomic E-state index is 11.0. The molecule has 0 spiro atoms. The number of rotatable bonds is 4. The van der Waals surface area contributed by atoms with E-state index in [1.807, 2.05) is 6.07 Å². The zero-order valence-electron chi connectivity index (χ0n) is 6.04. The number of nitriles is 1. The Bertz CT molecular complexity index is 152. The average Bonchev–Trinajstić information content (AvgIpc) is 1.98. The van der Waals surface area contributed by atoms with Crippen LogP contribution in [-0.2, 0) is 10.8 Å². The molecule has 0 saturated carbocycles. The van der Waals surface area contributed by atoms with Gasteiger partial charge in [0.15, 0.2) is 0 Å². The van der Waals surface area contributed by atoms with Gasteiger partial charge in [0.25, 0.3) is 0 Å². The van der Waals surface area contributed by atoms with Crippen LogP contribution in [-0.4, -0.2) is 21.8 Å². The first kappa shape index (κ1) is 9.60. The summed E-state index contributed by atoms with van der Waals surface area (Å²) in [6.45, 7) is 2.20. The minimum atomic E-state index is -1.01. The summed E-state index contributed by atoms with van der Waals surface area (Å²) in [6, 6.07) is 1.93. The number of hydrogen-bond donors (Lipinski definition) is 1. The third kappa shape index (κ3) is 3.59. The van der Waals surface area contributed by atoms with E-state index < -0.39 is 10.8 Å². The van der Waals surface area contributed by atoms with Gasteiger partial charge in [0.05, 0.1) is 6.07 Å². The van der Waals surface area contributed by atoms with Crippen molar-refractivity contribution >= 4 is 10.8 Å². The Labute approximate surface area is 63.7 Å². The Hall–Kier alpha value is -0.400. The quantitative estimate of drug-likeness (QED) is 0.629. The zero-order chi connectivity index (χ0) is 7.98. The van der Waals surface area contributed by atoms with E-state index in [1.54, 1.807) is 6.92 Å². The molecule has 0 aliphatic heterocycles. The highest BCUT2D eigenvalue weighted by Crippen LogP contribution is 1.95. The normalized spacial score (nSPS) is 15.7. The van der Waals surface area contributed by atoms with Crippen LogP contribution in [0.25, 0.3) is 0 Å². The predicted octanol–water partition coefficient (Wildman–Crippen LogP) is -0.00402. The third-order valence-electron chi connectivity index (χ3n) is 1.13. The van der Waals surface area contributed by atoms with Gasteiger partial charge in [0, 0.05) is 16.6 Å². The lowest BCUT2D eigenvalue weighted by Gasteiger charge is -2.00. The molecule has 10 heavy (non-hydrogen) atoms. The molecule has 0 rings (SSSR count). The topological polar surface area (TPSA) is 66.9 Å². The molecule has 0 aromatic carbocycles. The van der Waals surface area contributed by atoms with Crippen LogP contribution in [0.1, 0.15) is 13.3 Å². The smallest absolute Gasteiger partial charge is 0.119 e. The molecule has 2 N–H and O–H groups in total. The van der Waals surface area contributed by atoms with Crippen molar-refractivity contribution in [1.29, 1.82) is 5.26 Å². The van der Waals surface area contributed by atoms with Crippen LogP contribution in [0.15, 0.2) is 0 Å². The van der Waals surface area contributed by atoms with Gasteiger partial charge in [0.1, 0.15) is 5.25 Å². The van der Waals surface area contributed by atoms with Gasteiger partial charge in [-0.25, -0.2) is 0 Å². The van der Waals surface area contributed by atoms with E-state index in [4.69, 9.17) is 11.0 Å². The van der Waals surface area contributed by atoms with Gasteiger partial charge in [-0.2, -0.15) is 5.26 Å². The molecule has 0 saturated heterocycles. The molecular weight excluding hydrogens is 148 g/mol. The standard InChI is InChI=1S/C6H12N2OS/c1-6(5-8)10(9)4-2-3-7/h6H,2-4,7H2,1H3. The molecule has 0 amide bonds. The van der Waals surface area contributed by atoms with Crippen LogP contribution in [0.2, 0.25) is 0 Å². The van der Waals surface area contributed by atoms with E-state index in [9.17, 15) is 4.21 Å². The third-order valence-corrected chi connectivity index (χ3v) is 2.71. The van der Waals surface area contributed by atoms with Crippen molar-refractivity contribution in [1.82, 2.24) is 0 Å². The van der Waals surface area contributed by atoms with Crippen LogP contribution in [0, 0.1) is 11.3 Å². The van der Waals surface area contributed by atoms with E-state index >= 15 is 0 Å². The number of nitrogens with two attached hydrogens (primary N) is 1. The lowest BCUT2D eigenvalue weighted by molar-refractivity contribution is 0.677. The lowest BCUT2D eigenvalue weighted by atomic mass is 10.5. The summed E-state index contributed by atoms with van der Waals surface area (Å²) in [4.78, 5) is 0. The van der Waals surface area contributed by atoms with Crippen molar-refractivity contribution < 1.29 is 4.21 Å². The fraction of sp³-hybridized carbons (Fsp3) is 0.833. The summed E-state index contributed by atoms with van der Waals surface area (Å²) in [6.07, 6.45) is 0.735. The summed E-state index contributed by atoms with van der Waals surface area (Å²) in [5.74, 6) is 0.547. The minimum absolute atomic E-state index is 0.355. The molecule has 0 bridgehead atoms. The van der Waals surface area contributed by atoms with Gasteiger partial charge in [-0.3, -0.25) is 4.21 Å². The molecule has 2 atom stereocenters. The van der Waals surface area contributed by atoms with E-state index in [1.165, 1.54) is 0 Å². The summed E-state index contributed by atoms with van der Waals surface area (Å²) >= 11 is 0. The Morgan fingerprint density at radius 2 is 2.40 bits per heavy atom. The summed E-state index contributed by atoms with van der Waals surface area (Å²) in [7, 11) is -1.01. The highest BCUT2D eigenvalue weighted by Gasteiger charge is 2.07. The first-order valence-corrected chi connectivity index (χ1v) is 4.57. The highest BCUT2D eigenvalue weighted by molar-refractivity contribution is 7.85. The second-order valence-electron chi connectivity index (χ2n) is 2.00. The largest absolute Gasteiger partial charge is 0.330 e. The molecule has 0 aliphatic carbocycles. The molecule has 58 valence electrons. The van der Waals surface area contributed by atoms with Gasteiger partial charge in [0.2, 0.25) is 0 Å². The summed E-state index contributed by atoms with van der Waals surface area (Å²) in [5, 5.41) is 7.98. The Kier molecular flexibility index (Phi) is 5.17. The fourth-order valence-electron chi connectivity index (χ4n) is 0.461. The van der Waals surface area contributed by atoms with E-state index in [0.29, 0.717) is 12.3 Å². The van der Waals surface area contributed by atoms with Crippen molar-refractivity contribution in [3.05, 3.63) is 0 Å². The molecule has 0 fully saturated rings. The fourth-order valence-corrected chi connectivity index (χ4v) is 1.38. The molecule has 0 heterocycles. The van der Waals surface area contributed by atoms with Gasteiger partial charge >= 0.3 is 0 Å². The van der Waals surface area contributed by atoms with Crippen LogP contribution >= 0.6 is 0 Å². The predicted molar refractivity (Wildman–Crippen MR) is 41.8 cm³/mol. The number of hydrogen-bond acceptors (Lipinski definition) is 3. The Morgan fingerprint density at radius 1 is 1.80 bits per heavy atom. The SMILES string of the molecule is CC(C#N)S(=O)CCCN. The average molecular weight is 160 g/mol. The maximum absolute atomic E-state index is 11.0. The van der Waals surface area contributed by atoms with Crippen molar-refractivity contribution in [2.75, 3.05) is 12.3 Å². The first-order chi connectivity index (χ1) is 4.72. The molecule has 3 nitrogen and oxygen atoms in total. The molecule has 0 aromatic rings. The van der Waals surface area contributed by atoms with Crippen molar-refractivity contribution in [3.8, 4) is 6.07 Å². The lowest BCUT2D eigenvalue weighted by Crippen LogP contribution is -2.14. The number of nitrogens with zero attached hydrogens (tertiary/aromatic N) is 1.